The Bertz CT molecular complexity index is 347. The standard InChI is InChI=1S/C13H20N2O2/c1-10(2)14-8-9-17-13(16)15-12-6-4-11(3)5-7-12/h4-7,10,14H,8-9H2,1-3H3,(H,15,16). The van der Waals surface area contributed by atoms with Gasteiger partial charge in [-0.15, -0.1) is 0 Å². The molecule has 0 radical (unpaired) electrons. The number of carbonyl (C=O) groups excluding carboxylic acids is 1. The molecule has 1 aromatic rings. The molecule has 0 aliphatic rings. The van der Waals surface area contributed by atoms with Crippen LogP contribution in [0.1, 0.15) is 19.4 Å². The number of rotatable bonds is 5. The fourth-order valence-electron chi connectivity index (χ4n) is 1.28. The maximum Gasteiger partial charge on any atom is 0.411 e. The average molecular weight is 236 g/mol. The first-order chi connectivity index (χ1) is 8.08. The Balaban J connectivity index is 2.23. The van der Waals surface area contributed by atoms with E-state index >= 15 is 0 Å². The summed E-state index contributed by atoms with van der Waals surface area (Å²) in [6.45, 7) is 7.13. The monoisotopic (exact) mass is 236 g/mol. The molecule has 0 saturated heterocycles. The Kier molecular flexibility index (Phi) is 5.49. The predicted octanol–water partition coefficient (Wildman–Crippen LogP) is 2.54. The zero-order chi connectivity index (χ0) is 12.7. The van der Waals surface area contributed by atoms with Gasteiger partial charge in [-0.05, 0) is 19.1 Å². The summed E-state index contributed by atoms with van der Waals surface area (Å²) < 4.78 is 5.01. The minimum absolute atomic E-state index is 0.371. The van der Waals surface area contributed by atoms with E-state index < -0.39 is 6.09 Å². The van der Waals surface area contributed by atoms with Crippen molar-refractivity contribution in [1.29, 1.82) is 0 Å². The van der Waals surface area contributed by atoms with E-state index in [4.69, 9.17) is 4.74 Å². The number of benzene rings is 1. The molecular weight excluding hydrogens is 216 g/mol. The first-order valence-electron chi connectivity index (χ1n) is 5.82. The van der Waals surface area contributed by atoms with Crippen LogP contribution in [0.2, 0.25) is 0 Å². The van der Waals surface area contributed by atoms with Crippen LogP contribution in [0.4, 0.5) is 10.5 Å². The Morgan fingerprint density at radius 1 is 1.29 bits per heavy atom. The first kappa shape index (κ1) is 13.5. The Labute approximate surface area is 102 Å². The lowest BCUT2D eigenvalue weighted by atomic mass is 10.2. The average Bonchev–Trinajstić information content (AvgIpc) is 2.27. The molecule has 1 rings (SSSR count). The van der Waals surface area contributed by atoms with Crippen LogP contribution < -0.4 is 10.6 Å². The second-order valence-electron chi connectivity index (χ2n) is 4.24. The fraction of sp³-hybridized carbons (Fsp3) is 0.462. The maximum absolute atomic E-state index is 11.4. The maximum atomic E-state index is 11.4. The van der Waals surface area contributed by atoms with Gasteiger partial charge >= 0.3 is 6.09 Å². The molecule has 0 aliphatic heterocycles. The van der Waals surface area contributed by atoms with Gasteiger partial charge in [0.25, 0.3) is 0 Å². The third-order valence-corrected chi connectivity index (χ3v) is 2.19. The number of anilines is 1. The summed E-state index contributed by atoms with van der Waals surface area (Å²) in [4.78, 5) is 11.4. The summed E-state index contributed by atoms with van der Waals surface area (Å²) in [7, 11) is 0. The zero-order valence-electron chi connectivity index (χ0n) is 10.6. The zero-order valence-corrected chi connectivity index (χ0v) is 10.6. The Morgan fingerprint density at radius 3 is 2.53 bits per heavy atom. The summed E-state index contributed by atoms with van der Waals surface area (Å²) in [5, 5.41) is 5.84. The van der Waals surface area contributed by atoms with Crippen LogP contribution in [0.15, 0.2) is 24.3 Å². The smallest absolute Gasteiger partial charge is 0.411 e. The van der Waals surface area contributed by atoms with Crippen LogP contribution >= 0.6 is 0 Å². The van der Waals surface area contributed by atoms with Crippen LogP contribution in [-0.2, 0) is 4.74 Å². The third-order valence-electron chi connectivity index (χ3n) is 2.19. The number of carbonyl (C=O) groups is 1. The van der Waals surface area contributed by atoms with Gasteiger partial charge in [-0.3, -0.25) is 5.32 Å². The van der Waals surface area contributed by atoms with E-state index in [1.54, 1.807) is 0 Å². The summed E-state index contributed by atoms with van der Waals surface area (Å²) in [5.74, 6) is 0. The second kappa shape index (κ2) is 6.91. The Hall–Kier alpha value is -1.55. The summed E-state index contributed by atoms with van der Waals surface area (Å²) >= 11 is 0. The molecule has 0 aromatic heterocycles. The second-order valence-corrected chi connectivity index (χ2v) is 4.24. The van der Waals surface area contributed by atoms with Crippen molar-refractivity contribution < 1.29 is 9.53 Å². The lowest BCUT2D eigenvalue weighted by molar-refractivity contribution is 0.161. The molecule has 94 valence electrons. The molecule has 2 N–H and O–H groups in total. The number of aryl methyl sites for hydroxylation is 1. The summed E-state index contributed by atoms with van der Waals surface area (Å²) in [6, 6.07) is 7.98. The van der Waals surface area contributed by atoms with Crippen LogP contribution in [-0.4, -0.2) is 25.3 Å². The van der Waals surface area contributed by atoms with Gasteiger partial charge in [0, 0.05) is 18.3 Å². The number of nitrogens with one attached hydrogen (secondary N) is 2. The van der Waals surface area contributed by atoms with Crippen molar-refractivity contribution in [3.8, 4) is 0 Å². The number of amides is 1. The molecule has 0 bridgehead atoms. The molecule has 0 heterocycles. The molecular formula is C13H20N2O2. The first-order valence-corrected chi connectivity index (χ1v) is 5.82. The topological polar surface area (TPSA) is 50.4 Å². The summed E-state index contributed by atoms with van der Waals surface area (Å²) in [6.07, 6.45) is -0.417. The predicted molar refractivity (Wildman–Crippen MR) is 69.3 cm³/mol. The molecule has 0 atom stereocenters. The van der Waals surface area contributed by atoms with Crippen molar-refractivity contribution in [2.24, 2.45) is 0 Å². The molecule has 1 amide bonds. The number of hydrogen-bond acceptors (Lipinski definition) is 3. The highest BCUT2D eigenvalue weighted by molar-refractivity contribution is 5.84. The van der Waals surface area contributed by atoms with E-state index in [1.807, 2.05) is 45.0 Å². The molecule has 4 nitrogen and oxygen atoms in total. The fourth-order valence-corrected chi connectivity index (χ4v) is 1.28. The van der Waals surface area contributed by atoms with Gasteiger partial charge in [-0.25, -0.2) is 4.79 Å². The van der Waals surface area contributed by atoms with Crippen molar-refractivity contribution in [2.75, 3.05) is 18.5 Å². The van der Waals surface area contributed by atoms with E-state index in [1.165, 1.54) is 0 Å². The minimum atomic E-state index is -0.417. The number of hydrogen-bond donors (Lipinski definition) is 2. The van der Waals surface area contributed by atoms with Crippen molar-refractivity contribution in [2.45, 2.75) is 26.8 Å². The van der Waals surface area contributed by atoms with Crippen molar-refractivity contribution in [3.05, 3.63) is 29.8 Å². The largest absolute Gasteiger partial charge is 0.448 e. The van der Waals surface area contributed by atoms with Gasteiger partial charge in [0.2, 0.25) is 0 Å². The molecule has 17 heavy (non-hydrogen) atoms. The van der Waals surface area contributed by atoms with Gasteiger partial charge in [0.05, 0.1) is 0 Å². The third kappa shape index (κ3) is 5.92. The summed E-state index contributed by atoms with van der Waals surface area (Å²) in [5.41, 5.74) is 1.91. The highest BCUT2D eigenvalue weighted by atomic mass is 16.5. The van der Waals surface area contributed by atoms with Crippen LogP contribution in [0.5, 0.6) is 0 Å². The molecule has 1 aromatic carbocycles. The molecule has 0 fully saturated rings. The lowest BCUT2D eigenvalue weighted by Gasteiger charge is -2.09. The highest BCUT2D eigenvalue weighted by Gasteiger charge is 2.02. The van der Waals surface area contributed by atoms with E-state index in [-0.39, 0.29) is 0 Å². The van der Waals surface area contributed by atoms with E-state index in [9.17, 15) is 4.79 Å². The van der Waals surface area contributed by atoms with E-state index in [0.717, 1.165) is 11.3 Å². The van der Waals surface area contributed by atoms with Gasteiger partial charge in [0.1, 0.15) is 6.61 Å². The van der Waals surface area contributed by atoms with Gasteiger partial charge in [0.15, 0.2) is 0 Å². The molecule has 0 aliphatic carbocycles. The van der Waals surface area contributed by atoms with Crippen molar-refractivity contribution >= 4 is 11.8 Å². The number of ether oxygens (including phenoxy) is 1. The van der Waals surface area contributed by atoms with Gasteiger partial charge in [-0.2, -0.15) is 0 Å². The van der Waals surface area contributed by atoms with E-state index in [2.05, 4.69) is 10.6 Å². The van der Waals surface area contributed by atoms with Crippen molar-refractivity contribution in [3.63, 3.8) is 0 Å². The molecule has 0 saturated carbocycles. The Morgan fingerprint density at radius 2 is 1.94 bits per heavy atom. The molecule has 0 spiro atoms. The van der Waals surface area contributed by atoms with Crippen LogP contribution in [0.25, 0.3) is 0 Å². The lowest BCUT2D eigenvalue weighted by Crippen LogP contribution is -2.28. The minimum Gasteiger partial charge on any atom is -0.448 e. The molecule has 4 heteroatoms. The van der Waals surface area contributed by atoms with Crippen molar-refractivity contribution in [1.82, 2.24) is 5.32 Å². The van der Waals surface area contributed by atoms with Gasteiger partial charge < -0.3 is 10.1 Å². The highest BCUT2D eigenvalue weighted by Crippen LogP contribution is 2.08. The normalized spacial score (nSPS) is 10.4. The van der Waals surface area contributed by atoms with Crippen LogP contribution in [0, 0.1) is 6.92 Å². The van der Waals surface area contributed by atoms with E-state index in [0.29, 0.717) is 19.2 Å². The quantitative estimate of drug-likeness (QED) is 0.772. The SMILES string of the molecule is Cc1ccc(NC(=O)OCCNC(C)C)cc1. The molecule has 0 unspecified atom stereocenters. The van der Waals surface area contributed by atoms with Gasteiger partial charge in [-0.1, -0.05) is 31.5 Å². The van der Waals surface area contributed by atoms with Crippen LogP contribution in [0.3, 0.4) is 0 Å².